The van der Waals surface area contributed by atoms with E-state index >= 15 is 0 Å². The number of hydrogen-bond donors (Lipinski definition) is 3. The molecule has 0 aliphatic heterocycles. The molecule has 0 aliphatic rings. The smallest absolute Gasteiger partial charge is 0.255 e. The third kappa shape index (κ3) is 2.45. The molecular weight excluding hydrogens is 232 g/mol. The number of para-hydroxylation sites is 1. The van der Waals surface area contributed by atoms with E-state index in [1.54, 1.807) is 30.6 Å². The lowest BCUT2D eigenvalue weighted by Crippen LogP contribution is -2.22. The van der Waals surface area contributed by atoms with Gasteiger partial charge in [0.05, 0.1) is 12.7 Å². The van der Waals surface area contributed by atoms with Crippen LogP contribution < -0.4 is 10.1 Å². The van der Waals surface area contributed by atoms with Crippen LogP contribution in [0.15, 0.2) is 36.7 Å². The summed E-state index contributed by atoms with van der Waals surface area (Å²) >= 11 is 0. The summed E-state index contributed by atoms with van der Waals surface area (Å²) < 4.78 is 4.95. The fourth-order valence-corrected chi connectivity index (χ4v) is 1.62. The Morgan fingerprint density at radius 2 is 2.28 bits per heavy atom. The maximum absolute atomic E-state index is 11.9. The minimum atomic E-state index is -0.340. The highest BCUT2D eigenvalue weighted by Crippen LogP contribution is 2.29. The van der Waals surface area contributed by atoms with Gasteiger partial charge in [0.2, 0.25) is 0 Å². The summed E-state index contributed by atoms with van der Waals surface area (Å²) in [5, 5.41) is 12.5. The zero-order valence-electron chi connectivity index (χ0n) is 9.93. The molecule has 2 rings (SSSR count). The first-order valence-electron chi connectivity index (χ1n) is 5.48. The molecule has 1 heterocycles. The standard InChI is InChI=1S/C13H14N2O3/c1-18-11-4-2-3-10(12(11)16)13(17)15-8-9-5-6-14-7-9/h2-7,14,16H,8H2,1H3,(H,15,17). The lowest BCUT2D eigenvalue weighted by Gasteiger charge is -2.08. The molecule has 2 aromatic rings. The average molecular weight is 246 g/mol. The topological polar surface area (TPSA) is 74.3 Å². The maximum Gasteiger partial charge on any atom is 0.255 e. The van der Waals surface area contributed by atoms with Crippen molar-refractivity contribution in [2.24, 2.45) is 0 Å². The van der Waals surface area contributed by atoms with Gasteiger partial charge in [-0.25, -0.2) is 0 Å². The fraction of sp³-hybridized carbons (Fsp3) is 0.154. The largest absolute Gasteiger partial charge is 0.504 e. The number of nitrogens with one attached hydrogen (secondary N) is 2. The van der Waals surface area contributed by atoms with Crippen LogP contribution in [0.3, 0.4) is 0 Å². The number of amides is 1. The van der Waals surface area contributed by atoms with Gasteiger partial charge in [-0.2, -0.15) is 0 Å². The van der Waals surface area contributed by atoms with E-state index in [0.29, 0.717) is 6.54 Å². The van der Waals surface area contributed by atoms with Crippen LogP contribution >= 0.6 is 0 Å². The molecule has 0 bridgehead atoms. The Kier molecular flexibility index (Phi) is 3.52. The second-order valence-corrected chi connectivity index (χ2v) is 3.76. The highest BCUT2D eigenvalue weighted by atomic mass is 16.5. The van der Waals surface area contributed by atoms with Crippen LogP contribution in [-0.2, 0) is 6.54 Å². The van der Waals surface area contributed by atoms with Crippen LogP contribution in [0.1, 0.15) is 15.9 Å². The van der Waals surface area contributed by atoms with Crippen LogP contribution in [0, 0.1) is 0 Å². The maximum atomic E-state index is 11.9. The van der Waals surface area contributed by atoms with Crippen LogP contribution in [0.2, 0.25) is 0 Å². The average Bonchev–Trinajstić information content (AvgIpc) is 2.89. The summed E-state index contributed by atoms with van der Waals surface area (Å²) in [6.07, 6.45) is 3.58. The molecule has 0 saturated heterocycles. The number of phenols is 1. The molecule has 1 aromatic heterocycles. The van der Waals surface area contributed by atoms with Crippen LogP contribution in [-0.4, -0.2) is 23.1 Å². The highest BCUT2D eigenvalue weighted by Gasteiger charge is 2.14. The monoisotopic (exact) mass is 246 g/mol. The number of benzene rings is 1. The third-order valence-corrected chi connectivity index (χ3v) is 2.58. The van der Waals surface area contributed by atoms with E-state index in [2.05, 4.69) is 10.3 Å². The van der Waals surface area contributed by atoms with Crippen molar-refractivity contribution in [2.75, 3.05) is 7.11 Å². The first-order valence-corrected chi connectivity index (χ1v) is 5.48. The van der Waals surface area contributed by atoms with Gasteiger partial charge in [0.15, 0.2) is 11.5 Å². The van der Waals surface area contributed by atoms with Gasteiger partial charge >= 0.3 is 0 Å². The highest BCUT2D eigenvalue weighted by molar-refractivity contribution is 5.97. The molecule has 0 unspecified atom stereocenters. The molecule has 0 saturated carbocycles. The number of carbonyl (C=O) groups is 1. The van der Waals surface area contributed by atoms with Gasteiger partial charge < -0.3 is 20.1 Å². The van der Waals surface area contributed by atoms with Gasteiger partial charge in [-0.15, -0.1) is 0 Å². The van der Waals surface area contributed by atoms with Crippen LogP contribution in [0.4, 0.5) is 0 Å². The summed E-state index contributed by atoms with van der Waals surface area (Å²) in [5.41, 5.74) is 1.16. The number of aromatic hydroxyl groups is 1. The molecule has 1 amide bonds. The van der Waals surface area contributed by atoms with Crippen molar-refractivity contribution in [1.29, 1.82) is 0 Å². The molecule has 0 spiro atoms. The van der Waals surface area contributed by atoms with E-state index in [0.717, 1.165) is 5.56 Å². The number of methoxy groups -OCH3 is 1. The van der Waals surface area contributed by atoms with Gasteiger partial charge in [0.25, 0.3) is 5.91 Å². The molecular formula is C13H14N2O3. The van der Waals surface area contributed by atoms with Crippen LogP contribution in [0.5, 0.6) is 11.5 Å². The number of phenolic OH excluding ortho intramolecular Hbond substituents is 1. The summed E-state index contributed by atoms with van der Waals surface area (Å²) in [4.78, 5) is 14.8. The van der Waals surface area contributed by atoms with Crippen LogP contribution in [0.25, 0.3) is 0 Å². The Balaban J connectivity index is 2.09. The van der Waals surface area contributed by atoms with E-state index in [4.69, 9.17) is 4.74 Å². The second kappa shape index (κ2) is 5.27. The zero-order chi connectivity index (χ0) is 13.0. The van der Waals surface area contributed by atoms with E-state index in [9.17, 15) is 9.90 Å². The number of H-pyrrole nitrogens is 1. The molecule has 18 heavy (non-hydrogen) atoms. The first kappa shape index (κ1) is 12.0. The van der Waals surface area contributed by atoms with E-state index < -0.39 is 0 Å². The number of hydrogen-bond acceptors (Lipinski definition) is 3. The van der Waals surface area contributed by atoms with Gasteiger partial charge in [-0.3, -0.25) is 4.79 Å². The molecule has 0 fully saturated rings. The van der Waals surface area contributed by atoms with Gasteiger partial charge in [0, 0.05) is 18.9 Å². The minimum absolute atomic E-state index is 0.147. The van der Waals surface area contributed by atoms with E-state index in [1.165, 1.54) is 7.11 Å². The Bertz CT molecular complexity index is 535. The number of rotatable bonds is 4. The van der Waals surface area contributed by atoms with Crippen molar-refractivity contribution < 1.29 is 14.6 Å². The van der Waals surface area contributed by atoms with Crippen molar-refractivity contribution in [3.05, 3.63) is 47.8 Å². The summed E-state index contributed by atoms with van der Waals surface area (Å²) in [6.45, 7) is 0.402. The van der Waals surface area contributed by atoms with E-state index in [1.807, 2.05) is 6.07 Å². The molecule has 5 heteroatoms. The predicted octanol–water partition coefficient (Wildman–Crippen LogP) is 1.66. The lowest BCUT2D eigenvalue weighted by molar-refractivity contribution is 0.0947. The molecule has 1 aromatic carbocycles. The second-order valence-electron chi connectivity index (χ2n) is 3.76. The Hall–Kier alpha value is -2.43. The van der Waals surface area contributed by atoms with Crippen molar-refractivity contribution in [3.63, 3.8) is 0 Å². The lowest BCUT2D eigenvalue weighted by atomic mass is 10.1. The number of ether oxygens (including phenoxy) is 1. The molecule has 0 aliphatic carbocycles. The van der Waals surface area contributed by atoms with Crippen molar-refractivity contribution in [2.45, 2.75) is 6.54 Å². The minimum Gasteiger partial charge on any atom is -0.504 e. The van der Waals surface area contributed by atoms with Crippen molar-refractivity contribution in [1.82, 2.24) is 10.3 Å². The van der Waals surface area contributed by atoms with Gasteiger partial charge in [0.1, 0.15) is 0 Å². The predicted molar refractivity (Wildman–Crippen MR) is 66.6 cm³/mol. The SMILES string of the molecule is COc1cccc(C(=O)NCc2cc[nH]c2)c1O. The summed E-state index contributed by atoms with van der Waals surface area (Å²) in [7, 11) is 1.44. The Labute approximate surface area is 104 Å². The number of aromatic amines is 1. The van der Waals surface area contributed by atoms with Gasteiger partial charge in [-0.1, -0.05) is 6.07 Å². The third-order valence-electron chi connectivity index (χ3n) is 2.58. The molecule has 0 radical (unpaired) electrons. The molecule has 94 valence electrons. The van der Waals surface area contributed by atoms with Gasteiger partial charge in [-0.05, 0) is 23.8 Å². The Morgan fingerprint density at radius 1 is 1.44 bits per heavy atom. The molecule has 3 N–H and O–H groups in total. The zero-order valence-corrected chi connectivity index (χ0v) is 9.93. The van der Waals surface area contributed by atoms with Crippen molar-refractivity contribution in [3.8, 4) is 11.5 Å². The quantitative estimate of drug-likeness (QED) is 0.768. The Morgan fingerprint density at radius 3 is 2.94 bits per heavy atom. The first-order chi connectivity index (χ1) is 8.72. The fourth-order valence-electron chi connectivity index (χ4n) is 1.62. The van der Waals surface area contributed by atoms with E-state index in [-0.39, 0.29) is 23.0 Å². The number of aromatic nitrogens is 1. The summed E-state index contributed by atoms with van der Waals surface area (Å²) in [6, 6.07) is 6.66. The molecule has 5 nitrogen and oxygen atoms in total. The normalized spacial score (nSPS) is 10.1. The number of carbonyl (C=O) groups excluding carboxylic acids is 1. The summed E-state index contributed by atoms with van der Waals surface area (Å²) in [5.74, 6) is -0.205. The molecule has 0 atom stereocenters. The van der Waals surface area contributed by atoms with Crippen molar-refractivity contribution >= 4 is 5.91 Å².